The van der Waals surface area contributed by atoms with E-state index in [0.29, 0.717) is 0 Å². The molecule has 0 spiro atoms. The van der Waals surface area contributed by atoms with Gasteiger partial charge in [-0.05, 0) is 56.2 Å². The number of fused-ring (bicyclic) bond motifs is 1. The number of anilines is 1. The van der Waals surface area contributed by atoms with Crippen LogP contribution >= 0.6 is 0 Å². The van der Waals surface area contributed by atoms with Gasteiger partial charge in [0.15, 0.2) is 6.10 Å². The van der Waals surface area contributed by atoms with Crippen molar-refractivity contribution in [1.82, 2.24) is 0 Å². The highest BCUT2D eigenvalue weighted by molar-refractivity contribution is 5.97. The molecule has 0 saturated carbocycles. The van der Waals surface area contributed by atoms with Crippen LogP contribution in [0.5, 0.6) is 0 Å². The zero-order valence-corrected chi connectivity index (χ0v) is 16.0. The van der Waals surface area contributed by atoms with Crippen molar-refractivity contribution in [1.29, 1.82) is 0 Å². The summed E-state index contributed by atoms with van der Waals surface area (Å²) in [5, 5.41) is 0.899. The van der Waals surface area contributed by atoms with Crippen molar-refractivity contribution >= 4 is 28.5 Å². The summed E-state index contributed by atoms with van der Waals surface area (Å²) in [7, 11) is 1.66. The molecule has 0 fully saturated rings. The molecule has 0 aliphatic rings. The smallest absolute Gasteiger partial charge is 0.311 e. The second kappa shape index (κ2) is 7.66. The number of carbonyl (C=O) groups is 2. The van der Waals surface area contributed by atoms with Crippen molar-refractivity contribution in [3.63, 3.8) is 0 Å². The van der Waals surface area contributed by atoms with E-state index >= 15 is 0 Å². The van der Waals surface area contributed by atoms with Gasteiger partial charge in [-0.2, -0.15) is 0 Å². The summed E-state index contributed by atoms with van der Waals surface area (Å²) < 4.78 is 10.9. The van der Waals surface area contributed by atoms with Gasteiger partial charge < -0.3 is 14.1 Å². The molecule has 1 heterocycles. The van der Waals surface area contributed by atoms with Crippen molar-refractivity contribution in [2.75, 3.05) is 11.9 Å². The lowest BCUT2D eigenvalue weighted by Gasteiger charge is -2.21. The largest absolute Gasteiger partial charge is 0.464 e. The Labute approximate surface area is 158 Å². The van der Waals surface area contributed by atoms with Gasteiger partial charge in [-0.25, -0.2) is 0 Å². The average Bonchev–Trinajstić information content (AvgIpc) is 3.03. The summed E-state index contributed by atoms with van der Waals surface area (Å²) in [6, 6.07) is 13.2. The maximum atomic E-state index is 12.5. The zero-order chi connectivity index (χ0) is 19.6. The van der Waals surface area contributed by atoms with Gasteiger partial charge in [0.1, 0.15) is 5.58 Å². The fourth-order valence-electron chi connectivity index (χ4n) is 2.97. The van der Waals surface area contributed by atoms with Gasteiger partial charge in [-0.15, -0.1) is 0 Å². The van der Waals surface area contributed by atoms with E-state index in [1.54, 1.807) is 20.2 Å². The van der Waals surface area contributed by atoms with Crippen LogP contribution in [0.15, 0.2) is 53.1 Å². The second-order valence-corrected chi connectivity index (χ2v) is 6.74. The van der Waals surface area contributed by atoms with Gasteiger partial charge in [0.25, 0.3) is 5.91 Å². The third-order valence-electron chi connectivity index (χ3n) is 4.73. The Morgan fingerprint density at radius 2 is 1.78 bits per heavy atom. The van der Waals surface area contributed by atoms with Crippen LogP contribution in [0.4, 0.5) is 5.69 Å². The Hall–Kier alpha value is -3.08. The third kappa shape index (κ3) is 4.03. The number of amides is 1. The number of aryl methyl sites for hydroxylation is 2. The molecule has 0 aliphatic carbocycles. The molecular weight excluding hydrogens is 342 g/mol. The Balaban J connectivity index is 1.67. The first-order chi connectivity index (χ1) is 12.9. The number of benzene rings is 2. The number of nitrogens with zero attached hydrogens (tertiary/aromatic N) is 1. The number of rotatable bonds is 5. The topological polar surface area (TPSA) is 59.8 Å². The summed E-state index contributed by atoms with van der Waals surface area (Å²) in [5.41, 5.74) is 4.51. The molecule has 0 radical (unpaired) electrons. The van der Waals surface area contributed by atoms with Crippen LogP contribution in [0.1, 0.15) is 23.6 Å². The summed E-state index contributed by atoms with van der Waals surface area (Å²) in [5.74, 6) is -0.740. The van der Waals surface area contributed by atoms with Crippen molar-refractivity contribution < 1.29 is 18.7 Å². The molecule has 0 N–H and O–H groups in total. The van der Waals surface area contributed by atoms with E-state index in [0.717, 1.165) is 33.3 Å². The van der Waals surface area contributed by atoms with Crippen LogP contribution in [0, 0.1) is 13.8 Å². The molecule has 5 nitrogen and oxygen atoms in total. The van der Waals surface area contributed by atoms with Crippen LogP contribution < -0.4 is 4.90 Å². The van der Waals surface area contributed by atoms with Crippen molar-refractivity contribution in [3.8, 4) is 0 Å². The number of ether oxygens (including phenoxy) is 1. The lowest BCUT2D eigenvalue weighted by Crippen LogP contribution is -2.37. The first-order valence-corrected chi connectivity index (χ1v) is 8.86. The van der Waals surface area contributed by atoms with Gasteiger partial charge in [-0.1, -0.05) is 18.2 Å². The SMILES string of the molecule is Cc1cc2occ(CC(=O)O[C@H](C)C(=O)N(C)c3ccccc3)c2cc1C. The zero-order valence-electron chi connectivity index (χ0n) is 16.0. The van der Waals surface area contributed by atoms with E-state index in [1.165, 1.54) is 4.90 Å². The van der Waals surface area contributed by atoms with Gasteiger partial charge in [-0.3, -0.25) is 9.59 Å². The minimum Gasteiger partial charge on any atom is -0.464 e. The lowest BCUT2D eigenvalue weighted by atomic mass is 10.0. The number of furan rings is 1. The van der Waals surface area contributed by atoms with Crippen molar-refractivity contribution in [2.24, 2.45) is 0 Å². The van der Waals surface area contributed by atoms with Gasteiger partial charge in [0, 0.05) is 23.7 Å². The highest BCUT2D eigenvalue weighted by atomic mass is 16.5. The Kier molecular flexibility index (Phi) is 5.31. The van der Waals surface area contributed by atoms with Crippen LogP contribution in [-0.2, 0) is 20.7 Å². The van der Waals surface area contributed by atoms with Gasteiger partial charge in [0.05, 0.1) is 12.7 Å². The quantitative estimate of drug-likeness (QED) is 0.636. The molecule has 2 aromatic carbocycles. The molecule has 0 unspecified atom stereocenters. The van der Waals surface area contributed by atoms with E-state index in [-0.39, 0.29) is 12.3 Å². The summed E-state index contributed by atoms with van der Waals surface area (Å²) in [4.78, 5) is 26.3. The van der Waals surface area contributed by atoms with Crippen LogP contribution in [0.2, 0.25) is 0 Å². The summed E-state index contributed by atoms with van der Waals surface area (Å²) in [6.45, 7) is 5.62. The van der Waals surface area contributed by atoms with Crippen LogP contribution in [0.25, 0.3) is 11.0 Å². The molecular formula is C22H23NO4. The molecule has 1 atom stereocenters. The molecule has 0 aliphatic heterocycles. The average molecular weight is 365 g/mol. The molecule has 3 rings (SSSR count). The first kappa shape index (κ1) is 18.7. The predicted octanol–water partition coefficient (Wildman–Crippen LogP) is 4.19. The molecule has 0 bridgehead atoms. The Morgan fingerprint density at radius 1 is 1.11 bits per heavy atom. The minimum atomic E-state index is -0.871. The van der Waals surface area contributed by atoms with E-state index in [1.807, 2.05) is 56.3 Å². The number of esters is 1. The highest BCUT2D eigenvalue weighted by Gasteiger charge is 2.23. The molecule has 0 saturated heterocycles. The first-order valence-electron chi connectivity index (χ1n) is 8.86. The number of para-hydroxylation sites is 1. The van der Waals surface area contributed by atoms with Crippen LogP contribution in [0.3, 0.4) is 0 Å². The number of carbonyl (C=O) groups excluding carboxylic acids is 2. The Bertz CT molecular complexity index is 975. The fraction of sp³-hybridized carbons (Fsp3) is 0.273. The fourth-order valence-corrected chi connectivity index (χ4v) is 2.97. The van der Waals surface area contributed by atoms with Crippen LogP contribution in [-0.4, -0.2) is 25.0 Å². The van der Waals surface area contributed by atoms with E-state index < -0.39 is 12.1 Å². The van der Waals surface area contributed by atoms with Crippen molar-refractivity contribution in [2.45, 2.75) is 33.3 Å². The normalized spacial score (nSPS) is 12.0. The predicted molar refractivity (Wildman–Crippen MR) is 105 cm³/mol. The second-order valence-electron chi connectivity index (χ2n) is 6.74. The summed E-state index contributed by atoms with van der Waals surface area (Å²) >= 11 is 0. The van der Waals surface area contributed by atoms with Crippen molar-refractivity contribution in [3.05, 3.63) is 65.4 Å². The monoisotopic (exact) mass is 365 g/mol. The molecule has 3 aromatic rings. The number of likely N-dealkylation sites (N-methyl/N-ethyl adjacent to an activating group) is 1. The molecule has 1 amide bonds. The molecule has 140 valence electrons. The number of hydrogen-bond donors (Lipinski definition) is 0. The van der Waals surface area contributed by atoms with Gasteiger partial charge >= 0.3 is 5.97 Å². The van der Waals surface area contributed by atoms with E-state index in [2.05, 4.69) is 0 Å². The maximum Gasteiger partial charge on any atom is 0.311 e. The van der Waals surface area contributed by atoms with E-state index in [4.69, 9.17) is 9.15 Å². The maximum absolute atomic E-state index is 12.5. The third-order valence-corrected chi connectivity index (χ3v) is 4.73. The highest BCUT2D eigenvalue weighted by Crippen LogP contribution is 2.25. The molecule has 1 aromatic heterocycles. The summed E-state index contributed by atoms with van der Waals surface area (Å²) in [6.07, 6.45) is 0.764. The standard InChI is InChI=1S/C22H23NO4/c1-14-10-19-17(13-26-20(19)11-15(14)2)12-21(24)27-16(3)22(25)23(4)18-8-6-5-7-9-18/h5-11,13,16H,12H2,1-4H3/t16-/m1/s1. The Morgan fingerprint density at radius 3 is 2.48 bits per heavy atom. The molecule has 5 heteroatoms. The van der Waals surface area contributed by atoms with Gasteiger partial charge in [0.2, 0.25) is 0 Å². The molecule has 27 heavy (non-hydrogen) atoms. The minimum absolute atomic E-state index is 0.0577. The lowest BCUT2D eigenvalue weighted by molar-refractivity contribution is -0.153. The number of hydrogen-bond acceptors (Lipinski definition) is 4. The van der Waals surface area contributed by atoms with E-state index in [9.17, 15) is 9.59 Å².